The molecule has 0 N–H and O–H groups in total. The minimum Gasteiger partial charge on any atom is -0.311 e. The molecule has 0 atom stereocenters. The quantitative estimate of drug-likeness (QED) is 0.403. The highest BCUT2D eigenvalue weighted by Crippen LogP contribution is 2.38. The molecular formula is C19H12N4S. The molecule has 0 aliphatic heterocycles. The summed E-state index contributed by atoms with van der Waals surface area (Å²) in [4.78, 5) is 9.58. The molecule has 0 aliphatic rings. The van der Waals surface area contributed by atoms with E-state index in [0.717, 1.165) is 27.8 Å². The number of pyridine rings is 1. The van der Waals surface area contributed by atoms with Crippen LogP contribution in [0.25, 0.3) is 48.1 Å². The van der Waals surface area contributed by atoms with Gasteiger partial charge in [-0.2, -0.15) is 0 Å². The molecule has 0 saturated heterocycles. The van der Waals surface area contributed by atoms with Crippen LogP contribution in [0.3, 0.4) is 0 Å². The first-order chi connectivity index (χ1) is 11.8. The molecule has 24 heavy (non-hydrogen) atoms. The van der Waals surface area contributed by atoms with Crippen molar-refractivity contribution >= 4 is 59.5 Å². The lowest BCUT2D eigenvalue weighted by atomic mass is 10.2. The molecule has 4 aromatic heterocycles. The zero-order valence-corrected chi connectivity index (χ0v) is 13.7. The van der Waals surface area contributed by atoms with E-state index in [4.69, 9.17) is 9.97 Å². The Bertz CT molecular complexity index is 1420. The Kier molecular flexibility index (Phi) is 2.15. The van der Waals surface area contributed by atoms with Crippen molar-refractivity contribution in [1.29, 1.82) is 0 Å². The van der Waals surface area contributed by atoms with Crippen LogP contribution >= 0.6 is 11.3 Å². The van der Waals surface area contributed by atoms with Crippen molar-refractivity contribution in [2.75, 3.05) is 0 Å². The molecule has 0 amide bonds. The van der Waals surface area contributed by atoms with Crippen LogP contribution in [0.5, 0.6) is 0 Å². The topological polar surface area (TPSA) is 35.1 Å². The molecule has 0 aliphatic carbocycles. The van der Waals surface area contributed by atoms with Gasteiger partial charge in [0.1, 0.15) is 0 Å². The fourth-order valence-electron chi connectivity index (χ4n) is 3.65. The van der Waals surface area contributed by atoms with Crippen molar-refractivity contribution in [3.8, 4) is 0 Å². The average Bonchev–Trinajstić information content (AvgIpc) is 3.25. The standard InChI is InChI=1S/C19H12N4S/c1-22-14-10-20-16-11-6-2-5-9-15(11)24-18(16)17(14)23-13-8-4-3-7-12(13)21-19(22)23/h2-10H,1H3. The number of imidazole rings is 2. The fraction of sp³-hybridized carbons (Fsp3) is 0.0526. The lowest BCUT2D eigenvalue weighted by molar-refractivity contribution is 0.971. The maximum absolute atomic E-state index is 4.82. The first-order valence-corrected chi connectivity index (χ1v) is 8.66. The Morgan fingerprint density at radius 3 is 2.75 bits per heavy atom. The number of hydrogen-bond donors (Lipinski definition) is 0. The SMILES string of the molecule is Cn1c2cnc3c4ccccc4sc3c2n2c3ccccc3nc12. The van der Waals surface area contributed by atoms with Gasteiger partial charge in [-0.1, -0.05) is 30.3 Å². The minimum absolute atomic E-state index is 0.956. The van der Waals surface area contributed by atoms with Gasteiger partial charge in [0.15, 0.2) is 0 Å². The van der Waals surface area contributed by atoms with Crippen LogP contribution in [-0.4, -0.2) is 18.9 Å². The maximum atomic E-state index is 4.82. The number of para-hydroxylation sites is 2. The predicted molar refractivity (Wildman–Crippen MR) is 99.9 cm³/mol. The summed E-state index contributed by atoms with van der Waals surface area (Å²) in [5, 5.41) is 1.22. The third-order valence-electron chi connectivity index (χ3n) is 4.77. The van der Waals surface area contributed by atoms with Crippen LogP contribution in [-0.2, 0) is 7.05 Å². The summed E-state index contributed by atoms with van der Waals surface area (Å²) >= 11 is 1.81. The van der Waals surface area contributed by atoms with Crippen LogP contribution in [0.4, 0.5) is 0 Å². The molecule has 0 radical (unpaired) electrons. The minimum atomic E-state index is 0.956. The average molecular weight is 328 g/mol. The number of nitrogens with zero attached hydrogens (tertiary/aromatic N) is 4. The normalized spacial score (nSPS) is 12.4. The van der Waals surface area contributed by atoms with E-state index >= 15 is 0 Å². The van der Waals surface area contributed by atoms with Gasteiger partial charge in [-0.3, -0.25) is 9.38 Å². The monoisotopic (exact) mass is 328 g/mol. The molecule has 6 aromatic rings. The highest BCUT2D eigenvalue weighted by Gasteiger charge is 2.18. The van der Waals surface area contributed by atoms with Crippen molar-refractivity contribution in [2.45, 2.75) is 0 Å². The molecule has 4 heterocycles. The Morgan fingerprint density at radius 2 is 1.79 bits per heavy atom. The zero-order chi connectivity index (χ0) is 15.8. The predicted octanol–water partition coefficient (Wildman–Crippen LogP) is 4.74. The van der Waals surface area contributed by atoms with Gasteiger partial charge < -0.3 is 4.57 Å². The third-order valence-corrected chi connectivity index (χ3v) is 5.94. The first-order valence-electron chi connectivity index (χ1n) is 7.85. The largest absolute Gasteiger partial charge is 0.311 e. The molecule has 0 bridgehead atoms. The van der Waals surface area contributed by atoms with Gasteiger partial charge >= 0.3 is 0 Å². The molecule has 0 fully saturated rings. The molecule has 114 valence electrons. The fourth-order valence-corrected chi connectivity index (χ4v) is 4.84. The number of aryl methyl sites for hydroxylation is 1. The molecule has 0 unspecified atom stereocenters. The molecule has 5 heteroatoms. The first kappa shape index (κ1) is 12.5. The van der Waals surface area contributed by atoms with E-state index in [-0.39, 0.29) is 0 Å². The van der Waals surface area contributed by atoms with Crippen LogP contribution in [0.15, 0.2) is 54.7 Å². The van der Waals surface area contributed by atoms with Crippen LogP contribution < -0.4 is 0 Å². The van der Waals surface area contributed by atoms with Crippen LogP contribution in [0.1, 0.15) is 0 Å². The highest BCUT2D eigenvalue weighted by molar-refractivity contribution is 7.26. The summed E-state index contributed by atoms with van der Waals surface area (Å²) < 4.78 is 6.90. The van der Waals surface area contributed by atoms with Crippen LogP contribution in [0, 0.1) is 0 Å². The summed E-state index contributed by atoms with van der Waals surface area (Å²) in [6.07, 6.45) is 1.97. The van der Waals surface area contributed by atoms with Crippen LogP contribution in [0.2, 0.25) is 0 Å². The van der Waals surface area contributed by atoms with Crippen molar-refractivity contribution in [3.63, 3.8) is 0 Å². The summed E-state index contributed by atoms with van der Waals surface area (Å²) in [7, 11) is 2.06. The third kappa shape index (κ3) is 1.35. The summed E-state index contributed by atoms with van der Waals surface area (Å²) in [6, 6.07) is 16.8. The Labute approximate surface area is 140 Å². The van der Waals surface area contributed by atoms with Gasteiger partial charge in [0.2, 0.25) is 5.78 Å². The number of hydrogen-bond acceptors (Lipinski definition) is 3. The summed E-state index contributed by atoms with van der Waals surface area (Å²) in [6.45, 7) is 0. The van der Waals surface area contributed by atoms with Crippen molar-refractivity contribution < 1.29 is 0 Å². The van der Waals surface area contributed by atoms with E-state index in [1.54, 1.807) is 11.3 Å². The van der Waals surface area contributed by atoms with Crippen molar-refractivity contribution in [1.82, 2.24) is 18.9 Å². The maximum Gasteiger partial charge on any atom is 0.215 e. The van der Waals surface area contributed by atoms with E-state index < -0.39 is 0 Å². The smallest absolute Gasteiger partial charge is 0.215 e. The summed E-state index contributed by atoms with van der Waals surface area (Å²) in [5.74, 6) is 0.956. The molecule has 4 nitrogen and oxygen atoms in total. The lowest BCUT2D eigenvalue weighted by Gasteiger charge is -1.97. The highest BCUT2D eigenvalue weighted by atomic mass is 32.1. The Hall–Kier alpha value is -2.92. The van der Waals surface area contributed by atoms with Gasteiger partial charge in [-0.25, -0.2) is 4.98 Å². The second-order valence-electron chi connectivity index (χ2n) is 6.06. The van der Waals surface area contributed by atoms with E-state index in [9.17, 15) is 0 Å². The summed E-state index contributed by atoms with van der Waals surface area (Å²) in [5.41, 5.74) is 5.56. The van der Waals surface area contributed by atoms with Crippen molar-refractivity contribution in [2.24, 2.45) is 7.05 Å². The van der Waals surface area contributed by atoms with E-state index in [2.05, 4.69) is 58.5 Å². The van der Waals surface area contributed by atoms with Gasteiger partial charge in [-0.05, 0) is 18.2 Å². The van der Waals surface area contributed by atoms with E-state index in [0.29, 0.717) is 0 Å². The van der Waals surface area contributed by atoms with E-state index in [1.165, 1.54) is 20.3 Å². The molecule has 0 spiro atoms. The Morgan fingerprint density at radius 1 is 0.958 bits per heavy atom. The van der Waals surface area contributed by atoms with E-state index in [1.807, 2.05) is 12.3 Å². The van der Waals surface area contributed by atoms with Gasteiger partial charge in [0.05, 0.1) is 38.5 Å². The number of thiophene rings is 1. The number of fused-ring (bicyclic) bond motifs is 9. The second-order valence-corrected chi connectivity index (χ2v) is 7.12. The lowest BCUT2D eigenvalue weighted by Crippen LogP contribution is -1.88. The Balaban J connectivity index is 1.99. The molecule has 0 saturated carbocycles. The van der Waals surface area contributed by atoms with Gasteiger partial charge in [-0.15, -0.1) is 11.3 Å². The number of rotatable bonds is 0. The molecule has 2 aromatic carbocycles. The van der Waals surface area contributed by atoms with Gasteiger partial charge in [0.25, 0.3) is 0 Å². The number of benzene rings is 2. The van der Waals surface area contributed by atoms with Crippen molar-refractivity contribution in [3.05, 3.63) is 54.7 Å². The second kappa shape index (κ2) is 4.13. The zero-order valence-electron chi connectivity index (χ0n) is 12.9. The number of aromatic nitrogens is 4. The van der Waals surface area contributed by atoms with Gasteiger partial charge in [0, 0.05) is 17.1 Å². The molecular weight excluding hydrogens is 316 g/mol. The molecule has 6 rings (SSSR count).